The van der Waals surface area contributed by atoms with E-state index in [1.807, 2.05) is 0 Å². The molecule has 0 bridgehead atoms. The Hall–Kier alpha value is -2.32. The second kappa shape index (κ2) is 4.90. The average Bonchev–Trinajstić information content (AvgIpc) is 2.95. The highest BCUT2D eigenvalue weighted by molar-refractivity contribution is 5.52. The van der Waals surface area contributed by atoms with E-state index < -0.39 is 5.92 Å². The number of aromatic amines is 1. The Bertz CT molecular complexity index is 655. The Labute approximate surface area is 119 Å². The van der Waals surface area contributed by atoms with Crippen LogP contribution in [0.2, 0.25) is 0 Å². The number of H-pyrrole nitrogens is 1. The minimum absolute atomic E-state index is 0.0273. The molecule has 0 amide bonds. The van der Waals surface area contributed by atoms with E-state index in [0.717, 1.165) is 0 Å². The second-order valence-electron chi connectivity index (χ2n) is 5.16. The van der Waals surface area contributed by atoms with Gasteiger partial charge >= 0.3 is 0 Å². The zero-order valence-corrected chi connectivity index (χ0v) is 11.4. The number of rotatable bonds is 3. The van der Waals surface area contributed by atoms with E-state index in [1.54, 1.807) is 13.1 Å². The molecule has 0 spiro atoms. The summed E-state index contributed by atoms with van der Waals surface area (Å²) >= 11 is 0. The molecule has 2 heterocycles. The number of nitrogens with zero attached hydrogens (tertiary/aromatic N) is 4. The maximum Gasteiger partial charge on any atom is 0.250 e. The summed E-state index contributed by atoms with van der Waals surface area (Å²) in [5.41, 5.74) is 6.24. The third kappa shape index (κ3) is 3.06. The molecule has 4 N–H and O–H groups in total. The second-order valence-corrected chi connectivity index (χ2v) is 5.16. The molecule has 1 atom stereocenters. The highest BCUT2D eigenvalue weighted by Gasteiger charge is 2.39. The summed E-state index contributed by atoms with van der Waals surface area (Å²) < 4.78 is 26.4. The van der Waals surface area contributed by atoms with Crippen LogP contribution in [0.25, 0.3) is 11.5 Å². The molecule has 7 nitrogen and oxygen atoms in total. The van der Waals surface area contributed by atoms with Crippen molar-refractivity contribution in [3.63, 3.8) is 0 Å². The molecule has 1 aliphatic rings. The van der Waals surface area contributed by atoms with Crippen molar-refractivity contribution in [1.29, 1.82) is 0 Å². The topological polar surface area (TPSA) is 105 Å². The third-order valence-electron chi connectivity index (χ3n) is 3.33. The Morgan fingerprint density at radius 2 is 2.19 bits per heavy atom. The lowest BCUT2D eigenvalue weighted by Gasteiger charge is -2.13. The number of halogens is 2. The minimum atomic E-state index is -2.63. The molecule has 1 unspecified atom stereocenters. The largest absolute Gasteiger partial charge is 0.368 e. The summed E-state index contributed by atoms with van der Waals surface area (Å²) in [6.45, 7) is 1.80. The number of imidazole rings is 1. The maximum absolute atomic E-state index is 13.2. The molecule has 0 aromatic carbocycles. The molecule has 0 radical (unpaired) electrons. The molecule has 1 aliphatic carbocycles. The Morgan fingerprint density at radius 1 is 1.38 bits per heavy atom. The molecular weight excluding hydrogens is 280 g/mol. The van der Waals surface area contributed by atoms with E-state index in [1.165, 1.54) is 0 Å². The van der Waals surface area contributed by atoms with Gasteiger partial charge in [0.25, 0.3) is 0 Å². The van der Waals surface area contributed by atoms with Gasteiger partial charge in [0.05, 0.1) is 6.20 Å². The summed E-state index contributed by atoms with van der Waals surface area (Å²) in [7, 11) is 0. The van der Waals surface area contributed by atoms with E-state index in [4.69, 9.17) is 5.73 Å². The van der Waals surface area contributed by atoms with Crippen molar-refractivity contribution in [1.82, 2.24) is 24.9 Å². The van der Waals surface area contributed by atoms with Gasteiger partial charge in [-0.1, -0.05) is 0 Å². The van der Waals surface area contributed by atoms with Crippen LogP contribution in [0.15, 0.2) is 6.20 Å². The number of aryl methyl sites for hydroxylation is 1. The number of nitrogens with one attached hydrogen (secondary N) is 2. The molecule has 3 rings (SSSR count). The van der Waals surface area contributed by atoms with Crippen molar-refractivity contribution in [3.05, 3.63) is 12.0 Å². The highest BCUT2D eigenvalue weighted by atomic mass is 19.3. The highest BCUT2D eigenvalue weighted by Crippen LogP contribution is 2.35. The van der Waals surface area contributed by atoms with E-state index in [-0.39, 0.29) is 30.8 Å². The van der Waals surface area contributed by atoms with Crippen molar-refractivity contribution in [3.8, 4) is 11.5 Å². The van der Waals surface area contributed by atoms with Gasteiger partial charge in [-0.3, -0.25) is 0 Å². The van der Waals surface area contributed by atoms with Crippen molar-refractivity contribution < 1.29 is 8.78 Å². The maximum atomic E-state index is 13.2. The zero-order valence-electron chi connectivity index (χ0n) is 11.4. The van der Waals surface area contributed by atoms with Crippen LogP contribution in [-0.2, 0) is 0 Å². The lowest BCUT2D eigenvalue weighted by molar-refractivity contribution is 0.00851. The van der Waals surface area contributed by atoms with Crippen LogP contribution in [0.3, 0.4) is 0 Å². The number of alkyl halides is 2. The van der Waals surface area contributed by atoms with Crippen molar-refractivity contribution in [2.45, 2.75) is 38.2 Å². The van der Waals surface area contributed by atoms with Gasteiger partial charge in [-0.25, -0.2) is 13.8 Å². The summed E-state index contributed by atoms with van der Waals surface area (Å²) in [5.74, 6) is -1.35. The van der Waals surface area contributed by atoms with Gasteiger partial charge in [0, 0.05) is 18.9 Å². The fourth-order valence-electron chi connectivity index (χ4n) is 2.37. The fourth-order valence-corrected chi connectivity index (χ4v) is 2.37. The number of aromatic nitrogens is 5. The van der Waals surface area contributed by atoms with Crippen molar-refractivity contribution in [2.24, 2.45) is 0 Å². The number of anilines is 2. The van der Waals surface area contributed by atoms with Crippen LogP contribution in [0, 0.1) is 6.92 Å². The molecule has 2 aromatic heterocycles. The third-order valence-corrected chi connectivity index (χ3v) is 3.33. The predicted octanol–water partition coefficient (Wildman–Crippen LogP) is 1.75. The minimum Gasteiger partial charge on any atom is -0.368 e. The quantitative estimate of drug-likeness (QED) is 0.796. The van der Waals surface area contributed by atoms with Gasteiger partial charge < -0.3 is 16.0 Å². The van der Waals surface area contributed by atoms with Gasteiger partial charge in [0.15, 0.2) is 5.82 Å². The summed E-state index contributed by atoms with van der Waals surface area (Å²) in [6.07, 6.45) is 1.60. The van der Waals surface area contributed by atoms with Gasteiger partial charge in [-0.2, -0.15) is 15.0 Å². The molecule has 9 heteroatoms. The number of hydrogen-bond donors (Lipinski definition) is 3. The van der Waals surface area contributed by atoms with Crippen LogP contribution < -0.4 is 11.1 Å². The van der Waals surface area contributed by atoms with Crippen LogP contribution in [0.4, 0.5) is 20.7 Å². The lowest BCUT2D eigenvalue weighted by atomic mass is 10.2. The number of nitrogens with two attached hydrogens (primary N) is 1. The van der Waals surface area contributed by atoms with Gasteiger partial charge in [-0.15, -0.1) is 0 Å². The lowest BCUT2D eigenvalue weighted by Crippen LogP contribution is -2.21. The van der Waals surface area contributed by atoms with E-state index in [9.17, 15) is 8.78 Å². The first kappa shape index (κ1) is 13.7. The average molecular weight is 295 g/mol. The van der Waals surface area contributed by atoms with E-state index in [0.29, 0.717) is 23.8 Å². The summed E-state index contributed by atoms with van der Waals surface area (Å²) in [5, 5.41) is 2.90. The van der Waals surface area contributed by atoms with Gasteiger partial charge in [0.2, 0.25) is 17.8 Å². The Morgan fingerprint density at radius 3 is 2.81 bits per heavy atom. The smallest absolute Gasteiger partial charge is 0.250 e. The first-order valence-electron chi connectivity index (χ1n) is 6.59. The van der Waals surface area contributed by atoms with Crippen LogP contribution >= 0.6 is 0 Å². The van der Waals surface area contributed by atoms with E-state index >= 15 is 0 Å². The SMILES string of the molecule is Cc1ncc(-c2nc(N)nc(NC3CCC(F)(F)C3)n2)[nH]1. The molecule has 0 aliphatic heterocycles. The van der Waals surface area contributed by atoms with Crippen molar-refractivity contribution >= 4 is 11.9 Å². The first-order chi connectivity index (χ1) is 9.91. The first-order valence-corrected chi connectivity index (χ1v) is 6.59. The molecule has 2 aromatic rings. The predicted molar refractivity (Wildman–Crippen MR) is 72.8 cm³/mol. The Kier molecular flexibility index (Phi) is 3.19. The summed E-state index contributed by atoms with van der Waals surface area (Å²) in [4.78, 5) is 19.2. The number of nitrogen functional groups attached to an aromatic ring is 1. The fraction of sp³-hybridized carbons (Fsp3) is 0.500. The molecule has 1 saturated carbocycles. The molecular formula is C12H15F2N7. The van der Waals surface area contributed by atoms with Crippen molar-refractivity contribution in [2.75, 3.05) is 11.1 Å². The van der Waals surface area contributed by atoms with Gasteiger partial charge in [0.1, 0.15) is 11.5 Å². The standard InChI is InChI=1S/C12H15F2N7/c1-6-16-5-8(17-6)9-19-10(15)21-11(20-9)18-7-2-3-12(13,14)4-7/h5,7H,2-4H2,1H3,(H,16,17)(H3,15,18,19,20,21). The van der Waals surface area contributed by atoms with Crippen LogP contribution in [0.1, 0.15) is 25.1 Å². The molecule has 0 saturated heterocycles. The molecule has 1 fully saturated rings. The molecule has 112 valence electrons. The zero-order chi connectivity index (χ0) is 15.0. The number of hydrogen-bond acceptors (Lipinski definition) is 6. The normalized spacial score (nSPS) is 20.6. The van der Waals surface area contributed by atoms with Gasteiger partial charge in [-0.05, 0) is 13.3 Å². The van der Waals surface area contributed by atoms with E-state index in [2.05, 4.69) is 30.2 Å². The molecule has 21 heavy (non-hydrogen) atoms. The van der Waals surface area contributed by atoms with Crippen LogP contribution in [-0.4, -0.2) is 36.9 Å². The summed E-state index contributed by atoms with van der Waals surface area (Å²) in [6, 6.07) is -0.363. The monoisotopic (exact) mass is 295 g/mol. The van der Waals surface area contributed by atoms with Crippen LogP contribution in [0.5, 0.6) is 0 Å². The Balaban J connectivity index is 1.82.